The van der Waals surface area contributed by atoms with E-state index in [0.717, 1.165) is 17.8 Å². The summed E-state index contributed by atoms with van der Waals surface area (Å²) in [6, 6.07) is 12.4. The largest absolute Gasteiger partial charge is 0.338 e. The molecule has 4 rings (SSSR count). The Hall–Kier alpha value is -2.84. The van der Waals surface area contributed by atoms with Gasteiger partial charge in [0.25, 0.3) is 11.8 Å². The van der Waals surface area contributed by atoms with Gasteiger partial charge in [-0.05, 0) is 61.4 Å². The van der Waals surface area contributed by atoms with Crippen molar-refractivity contribution in [1.82, 2.24) is 15.1 Å². The van der Waals surface area contributed by atoms with Gasteiger partial charge in [0, 0.05) is 35.3 Å². The summed E-state index contributed by atoms with van der Waals surface area (Å²) in [7, 11) is 0. The Balaban J connectivity index is 1.42. The molecule has 3 aromatic rings. The first kappa shape index (κ1) is 20.4. The highest BCUT2D eigenvalue weighted by molar-refractivity contribution is 7.13. The molecule has 1 aliphatic heterocycles. The van der Waals surface area contributed by atoms with Crippen LogP contribution in [-0.2, 0) is 0 Å². The van der Waals surface area contributed by atoms with Crippen molar-refractivity contribution in [3.05, 3.63) is 74.9 Å². The van der Waals surface area contributed by atoms with E-state index in [1.807, 2.05) is 0 Å². The van der Waals surface area contributed by atoms with Crippen LogP contribution < -0.4 is 5.32 Å². The van der Waals surface area contributed by atoms with Crippen molar-refractivity contribution in [2.75, 3.05) is 18.4 Å². The molecule has 1 aromatic heterocycles. The maximum Gasteiger partial charge on any atom is 0.286 e. The van der Waals surface area contributed by atoms with E-state index in [-0.39, 0.29) is 22.6 Å². The second-order valence-electron chi connectivity index (χ2n) is 7.00. The number of benzene rings is 2. The molecule has 1 saturated heterocycles. The van der Waals surface area contributed by atoms with E-state index >= 15 is 0 Å². The standard InChI is InChI=1S/C21H18ClFN4O2S/c22-15-5-3-13(4-6-15)21(29)27-11-1-2-14(12-27)19-25-26-20(30-19)18(28)24-17-9-7-16(23)8-10-17/h3-10,14H,1-2,11-12H2,(H,24,28)/t14-/m0/s1. The molecule has 154 valence electrons. The molecule has 9 heteroatoms. The number of anilines is 1. The summed E-state index contributed by atoms with van der Waals surface area (Å²) in [5, 5.41) is 12.4. The van der Waals surface area contributed by atoms with Crippen molar-refractivity contribution in [2.45, 2.75) is 18.8 Å². The molecular formula is C21H18ClFN4O2S. The Kier molecular flexibility index (Phi) is 6.06. The molecule has 1 N–H and O–H groups in total. The normalized spacial score (nSPS) is 16.3. The van der Waals surface area contributed by atoms with Crippen molar-refractivity contribution in [2.24, 2.45) is 0 Å². The zero-order valence-electron chi connectivity index (χ0n) is 15.8. The third-order valence-corrected chi connectivity index (χ3v) is 6.22. The molecule has 0 saturated carbocycles. The monoisotopic (exact) mass is 444 g/mol. The van der Waals surface area contributed by atoms with Crippen LogP contribution in [0, 0.1) is 5.82 Å². The molecule has 2 amide bonds. The van der Waals surface area contributed by atoms with Gasteiger partial charge in [-0.3, -0.25) is 9.59 Å². The molecule has 30 heavy (non-hydrogen) atoms. The number of rotatable bonds is 4. The number of carbonyl (C=O) groups excluding carboxylic acids is 2. The van der Waals surface area contributed by atoms with Crippen molar-refractivity contribution < 1.29 is 14.0 Å². The predicted octanol–water partition coefficient (Wildman–Crippen LogP) is 4.60. The SMILES string of the molecule is O=C(Nc1ccc(F)cc1)c1nnc([C@H]2CCCN(C(=O)c3ccc(Cl)cc3)C2)s1. The van der Waals surface area contributed by atoms with Gasteiger partial charge in [0.1, 0.15) is 10.8 Å². The Morgan fingerprint density at radius 1 is 1.10 bits per heavy atom. The van der Waals surface area contributed by atoms with Crippen LogP contribution in [0.3, 0.4) is 0 Å². The summed E-state index contributed by atoms with van der Waals surface area (Å²) in [4.78, 5) is 27.0. The molecule has 0 bridgehead atoms. The number of nitrogens with one attached hydrogen (secondary N) is 1. The van der Waals surface area contributed by atoms with Gasteiger partial charge in [-0.15, -0.1) is 10.2 Å². The molecule has 1 fully saturated rings. The van der Waals surface area contributed by atoms with E-state index in [9.17, 15) is 14.0 Å². The average molecular weight is 445 g/mol. The zero-order chi connectivity index (χ0) is 21.1. The third-order valence-electron chi connectivity index (χ3n) is 4.89. The topological polar surface area (TPSA) is 75.2 Å². The number of amides is 2. The van der Waals surface area contributed by atoms with Crippen molar-refractivity contribution in [1.29, 1.82) is 0 Å². The zero-order valence-corrected chi connectivity index (χ0v) is 17.4. The second kappa shape index (κ2) is 8.89. The summed E-state index contributed by atoms with van der Waals surface area (Å²) in [5.41, 5.74) is 1.08. The first-order chi connectivity index (χ1) is 14.5. The van der Waals surface area contributed by atoms with Crippen LogP contribution in [0.4, 0.5) is 10.1 Å². The van der Waals surface area contributed by atoms with Gasteiger partial charge in [0.05, 0.1) is 0 Å². The number of piperidine rings is 1. The molecule has 0 aliphatic carbocycles. The summed E-state index contributed by atoms with van der Waals surface area (Å²) in [6.07, 6.45) is 1.72. The lowest BCUT2D eigenvalue weighted by Crippen LogP contribution is -2.39. The minimum absolute atomic E-state index is 0.0277. The van der Waals surface area contributed by atoms with Crippen molar-refractivity contribution in [3.63, 3.8) is 0 Å². The summed E-state index contributed by atoms with van der Waals surface area (Å²) in [6.45, 7) is 1.20. The minimum Gasteiger partial charge on any atom is -0.338 e. The second-order valence-corrected chi connectivity index (χ2v) is 8.45. The van der Waals surface area contributed by atoms with Gasteiger partial charge in [-0.25, -0.2) is 4.39 Å². The summed E-state index contributed by atoms with van der Waals surface area (Å²) >= 11 is 7.12. The van der Waals surface area contributed by atoms with E-state index in [4.69, 9.17) is 11.6 Å². The molecule has 1 atom stereocenters. The van der Waals surface area contributed by atoms with E-state index < -0.39 is 5.91 Å². The van der Waals surface area contributed by atoms with Gasteiger partial charge < -0.3 is 10.2 Å². The highest BCUT2D eigenvalue weighted by Crippen LogP contribution is 2.30. The molecule has 0 radical (unpaired) electrons. The Bertz CT molecular complexity index is 1060. The molecule has 1 aliphatic rings. The van der Waals surface area contributed by atoms with Crippen molar-refractivity contribution >= 4 is 40.4 Å². The highest BCUT2D eigenvalue weighted by atomic mass is 35.5. The smallest absolute Gasteiger partial charge is 0.286 e. The maximum absolute atomic E-state index is 13.0. The number of aromatic nitrogens is 2. The van der Waals surface area contributed by atoms with Gasteiger partial charge in [0.2, 0.25) is 5.01 Å². The Morgan fingerprint density at radius 3 is 2.57 bits per heavy atom. The van der Waals surface area contributed by atoms with Crippen molar-refractivity contribution in [3.8, 4) is 0 Å². The Labute approximate surface area is 181 Å². The van der Waals surface area contributed by atoms with Crippen LogP contribution in [0.2, 0.25) is 5.02 Å². The lowest BCUT2D eigenvalue weighted by molar-refractivity contribution is 0.0706. The maximum atomic E-state index is 13.0. The lowest BCUT2D eigenvalue weighted by atomic mass is 9.98. The van der Waals surface area contributed by atoms with Crippen LogP contribution in [0.5, 0.6) is 0 Å². The molecule has 0 unspecified atom stereocenters. The molecule has 6 nitrogen and oxygen atoms in total. The van der Waals surface area contributed by atoms with E-state index in [1.165, 1.54) is 35.6 Å². The van der Waals surface area contributed by atoms with Gasteiger partial charge in [-0.1, -0.05) is 22.9 Å². The van der Waals surface area contributed by atoms with Gasteiger partial charge in [0.15, 0.2) is 0 Å². The number of likely N-dealkylation sites (tertiary alicyclic amines) is 1. The van der Waals surface area contributed by atoms with Gasteiger partial charge >= 0.3 is 0 Å². The van der Waals surface area contributed by atoms with Gasteiger partial charge in [-0.2, -0.15) is 0 Å². The lowest BCUT2D eigenvalue weighted by Gasteiger charge is -2.31. The number of halogens is 2. The quantitative estimate of drug-likeness (QED) is 0.638. The van der Waals surface area contributed by atoms with Crippen LogP contribution in [0.1, 0.15) is 43.9 Å². The fourth-order valence-corrected chi connectivity index (χ4v) is 4.34. The average Bonchev–Trinajstić information content (AvgIpc) is 3.26. The fourth-order valence-electron chi connectivity index (χ4n) is 3.35. The third kappa shape index (κ3) is 4.66. The van der Waals surface area contributed by atoms with Crippen LogP contribution in [-0.4, -0.2) is 40.0 Å². The van der Waals surface area contributed by atoms with E-state index in [1.54, 1.807) is 29.2 Å². The molecular weight excluding hydrogens is 427 g/mol. The highest BCUT2D eigenvalue weighted by Gasteiger charge is 2.28. The summed E-state index contributed by atoms with van der Waals surface area (Å²) < 4.78 is 13.0. The molecule has 2 aromatic carbocycles. The number of hydrogen-bond acceptors (Lipinski definition) is 5. The number of carbonyl (C=O) groups is 2. The fraction of sp³-hybridized carbons (Fsp3) is 0.238. The first-order valence-corrected chi connectivity index (χ1v) is 10.6. The molecule has 0 spiro atoms. The van der Waals surface area contributed by atoms with E-state index in [2.05, 4.69) is 15.5 Å². The molecule has 2 heterocycles. The number of nitrogens with zero attached hydrogens (tertiary/aromatic N) is 3. The van der Waals surface area contributed by atoms with Crippen LogP contribution >= 0.6 is 22.9 Å². The summed E-state index contributed by atoms with van der Waals surface area (Å²) in [5.74, 6) is -0.786. The number of hydrogen-bond donors (Lipinski definition) is 1. The van der Waals surface area contributed by atoms with Crippen LogP contribution in [0.15, 0.2) is 48.5 Å². The van der Waals surface area contributed by atoms with E-state index in [0.29, 0.717) is 29.4 Å². The predicted molar refractivity (Wildman–Crippen MR) is 114 cm³/mol. The first-order valence-electron chi connectivity index (χ1n) is 9.45. The Morgan fingerprint density at radius 2 is 1.83 bits per heavy atom. The minimum atomic E-state index is -0.393. The van der Waals surface area contributed by atoms with Crippen LogP contribution in [0.25, 0.3) is 0 Å².